The maximum absolute atomic E-state index is 6.49. The average Bonchev–Trinajstić information content (AvgIpc) is 3.03. The Bertz CT molecular complexity index is 776. The van der Waals surface area contributed by atoms with E-state index < -0.39 is 8.32 Å². The van der Waals surface area contributed by atoms with Gasteiger partial charge in [-0.15, -0.1) is 0 Å². The highest BCUT2D eigenvalue weighted by Crippen LogP contribution is 2.61. The van der Waals surface area contributed by atoms with Crippen molar-refractivity contribution in [3.05, 3.63) is 34.4 Å². The molecule has 3 aliphatic carbocycles. The third-order valence-corrected chi connectivity index (χ3v) is 10.1. The Morgan fingerprint density at radius 1 is 1.00 bits per heavy atom. The maximum atomic E-state index is 6.49. The fraction of sp³-hybridized carbons (Fsp3) is 0.793. The van der Waals surface area contributed by atoms with Gasteiger partial charge < -0.3 is 4.43 Å². The van der Waals surface area contributed by atoms with Gasteiger partial charge in [0.05, 0.1) is 0 Å². The summed E-state index contributed by atoms with van der Waals surface area (Å²) in [5.41, 5.74) is 7.36. The van der Waals surface area contributed by atoms with Crippen molar-refractivity contribution in [2.75, 3.05) is 0 Å². The van der Waals surface area contributed by atoms with E-state index in [-0.39, 0.29) is 0 Å². The number of fused-ring (bicyclic) bond motifs is 5. The fourth-order valence-electron chi connectivity index (χ4n) is 7.65. The van der Waals surface area contributed by atoms with Gasteiger partial charge in [0.1, 0.15) is 0 Å². The fourth-order valence-corrected chi connectivity index (χ4v) is 8.85. The molecule has 0 amide bonds. The molecule has 0 saturated heterocycles. The third-order valence-electron chi connectivity index (χ3n) is 9.07. The van der Waals surface area contributed by atoms with Crippen LogP contribution in [-0.2, 0) is 23.7 Å². The predicted octanol–water partition coefficient (Wildman–Crippen LogP) is 8.30. The van der Waals surface area contributed by atoms with Crippen molar-refractivity contribution >= 4 is 8.32 Å². The molecule has 1 nitrogen and oxygen atoms in total. The topological polar surface area (TPSA) is 9.23 Å². The van der Waals surface area contributed by atoms with E-state index in [1.807, 2.05) is 0 Å². The summed E-state index contributed by atoms with van der Waals surface area (Å²) in [6.07, 6.45) is 13.9. The monoisotopic (exact) mass is 440 g/mol. The summed E-state index contributed by atoms with van der Waals surface area (Å²) in [7, 11) is -1.46. The van der Waals surface area contributed by atoms with Gasteiger partial charge in [0.25, 0.3) is 0 Å². The smallest absolute Gasteiger partial charge is 0.184 e. The molecule has 4 rings (SSSR count). The maximum Gasteiger partial charge on any atom is 0.184 e. The Hall–Kier alpha value is -0.603. The summed E-state index contributed by atoms with van der Waals surface area (Å²) in [5, 5.41) is 0. The molecule has 1 aromatic rings. The summed E-state index contributed by atoms with van der Waals surface area (Å²) in [6, 6.07) is 5.05. The van der Waals surface area contributed by atoms with Crippen LogP contribution in [0.15, 0.2) is 12.1 Å². The molecule has 0 aromatic heterocycles. The van der Waals surface area contributed by atoms with Gasteiger partial charge in [0.15, 0.2) is 8.32 Å². The minimum Gasteiger partial charge on any atom is -0.414 e. The lowest BCUT2D eigenvalue weighted by atomic mass is 9.59. The highest BCUT2D eigenvalue weighted by atomic mass is 28.4. The summed E-state index contributed by atoms with van der Waals surface area (Å²) in [6.45, 7) is 17.0. The van der Waals surface area contributed by atoms with E-state index >= 15 is 0 Å². The van der Waals surface area contributed by atoms with Crippen molar-refractivity contribution in [1.29, 1.82) is 0 Å². The minimum absolute atomic E-state index is 0.452. The number of benzene rings is 1. The molecular formula is C29H48OSi. The molecule has 31 heavy (non-hydrogen) atoms. The predicted molar refractivity (Wildman–Crippen MR) is 136 cm³/mol. The molecule has 2 heteroatoms. The van der Waals surface area contributed by atoms with E-state index in [1.165, 1.54) is 57.8 Å². The Morgan fingerprint density at radius 2 is 1.77 bits per heavy atom. The van der Waals surface area contributed by atoms with E-state index in [4.69, 9.17) is 4.43 Å². The molecule has 174 valence electrons. The summed E-state index contributed by atoms with van der Waals surface area (Å²) < 4.78 is 6.49. The van der Waals surface area contributed by atoms with E-state index in [1.54, 1.807) is 22.3 Å². The van der Waals surface area contributed by atoms with Gasteiger partial charge in [0.2, 0.25) is 0 Å². The van der Waals surface area contributed by atoms with Crippen LogP contribution in [0, 0.1) is 23.2 Å². The molecule has 0 heterocycles. The summed E-state index contributed by atoms with van der Waals surface area (Å²) in [4.78, 5) is 0. The molecule has 1 fully saturated rings. The van der Waals surface area contributed by atoms with Gasteiger partial charge >= 0.3 is 0 Å². The highest BCUT2D eigenvalue weighted by molar-refractivity contribution is 6.69. The lowest BCUT2D eigenvalue weighted by Gasteiger charge is -2.45. The standard InChI is InChI=1S/C29H48OSi/c1-20(2)9-8-10-21(3)27-15-16-28-26-13-11-22-19-23(30-31(5,6)7)12-14-24(22)25(26)17-18-29(27,28)4/h11,13,20-21,23,27-28H,8-10,12,14-19H2,1-7H3/t21-,23+,27-,28?,29-/m1/s1. The molecule has 0 spiro atoms. The van der Waals surface area contributed by atoms with Crippen LogP contribution in [0.5, 0.6) is 0 Å². The first kappa shape index (κ1) is 23.6. The second-order valence-electron chi connectivity index (χ2n) is 12.9. The average molecular weight is 441 g/mol. The SMILES string of the molecule is CC(C)CCC[C@@H](C)[C@H]1CCC2c3ccc4c(c3CC[C@@]21C)CC[C@H](O[Si](C)(C)C)C4. The van der Waals surface area contributed by atoms with Crippen LogP contribution < -0.4 is 0 Å². The van der Waals surface area contributed by atoms with Crippen LogP contribution in [0.25, 0.3) is 0 Å². The molecule has 0 aliphatic heterocycles. The highest BCUT2D eigenvalue weighted by Gasteiger charge is 2.51. The van der Waals surface area contributed by atoms with Crippen molar-refractivity contribution in [3.8, 4) is 0 Å². The summed E-state index contributed by atoms with van der Waals surface area (Å²) >= 11 is 0. The Morgan fingerprint density at radius 3 is 2.48 bits per heavy atom. The molecule has 3 aliphatic rings. The Labute approximate surface area is 193 Å². The van der Waals surface area contributed by atoms with Gasteiger partial charge in [-0.1, -0.05) is 59.1 Å². The Balaban J connectivity index is 1.50. The van der Waals surface area contributed by atoms with E-state index in [2.05, 4.69) is 59.5 Å². The minimum atomic E-state index is -1.46. The second kappa shape index (κ2) is 8.97. The molecular weight excluding hydrogens is 392 g/mol. The number of rotatable bonds is 7. The normalized spacial score (nSPS) is 31.3. The molecule has 1 saturated carbocycles. The van der Waals surface area contributed by atoms with Crippen molar-refractivity contribution in [3.63, 3.8) is 0 Å². The zero-order valence-corrected chi connectivity index (χ0v) is 22.5. The van der Waals surface area contributed by atoms with Gasteiger partial charge in [0, 0.05) is 6.10 Å². The molecule has 0 N–H and O–H groups in total. The van der Waals surface area contributed by atoms with Crippen LogP contribution >= 0.6 is 0 Å². The molecule has 1 aromatic carbocycles. The van der Waals surface area contributed by atoms with Crippen LogP contribution in [0.2, 0.25) is 19.6 Å². The zero-order chi connectivity index (χ0) is 22.4. The third kappa shape index (κ3) is 4.86. The number of hydrogen-bond donors (Lipinski definition) is 0. The molecule has 0 radical (unpaired) electrons. The van der Waals surface area contributed by atoms with Crippen molar-refractivity contribution in [1.82, 2.24) is 0 Å². The largest absolute Gasteiger partial charge is 0.414 e. The van der Waals surface area contributed by atoms with Gasteiger partial charge in [-0.05, 0) is 116 Å². The van der Waals surface area contributed by atoms with Crippen LogP contribution in [0.1, 0.15) is 101 Å². The first-order valence-electron chi connectivity index (χ1n) is 13.4. The molecule has 1 unspecified atom stereocenters. The van der Waals surface area contributed by atoms with E-state index in [0.717, 1.165) is 30.1 Å². The quantitative estimate of drug-likeness (QED) is 0.387. The second-order valence-corrected chi connectivity index (χ2v) is 17.4. The van der Waals surface area contributed by atoms with Crippen molar-refractivity contribution in [2.45, 2.75) is 124 Å². The summed E-state index contributed by atoms with van der Waals surface area (Å²) in [5.74, 6) is 3.45. The first-order valence-corrected chi connectivity index (χ1v) is 16.8. The Kier molecular flexibility index (Phi) is 6.82. The molecule has 0 bridgehead atoms. The van der Waals surface area contributed by atoms with E-state index in [0.29, 0.717) is 11.5 Å². The number of hydrogen-bond acceptors (Lipinski definition) is 1. The lowest BCUT2D eigenvalue weighted by molar-refractivity contribution is 0.118. The van der Waals surface area contributed by atoms with Crippen molar-refractivity contribution in [2.24, 2.45) is 23.2 Å². The van der Waals surface area contributed by atoms with Gasteiger partial charge in [-0.25, -0.2) is 0 Å². The van der Waals surface area contributed by atoms with E-state index in [9.17, 15) is 0 Å². The van der Waals surface area contributed by atoms with Crippen LogP contribution in [0.3, 0.4) is 0 Å². The van der Waals surface area contributed by atoms with Crippen LogP contribution in [-0.4, -0.2) is 14.4 Å². The van der Waals surface area contributed by atoms with Gasteiger partial charge in [-0.3, -0.25) is 0 Å². The van der Waals surface area contributed by atoms with Crippen molar-refractivity contribution < 1.29 is 4.43 Å². The zero-order valence-electron chi connectivity index (χ0n) is 21.5. The lowest BCUT2D eigenvalue weighted by Crippen LogP contribution is -2.37. The van der Waals surface area contributed by atoms with Gasteiger partial charge in [-0.2, -0.15) is 0 Å². The first-order chi connectivity index (χ1) is 14.6. The molecule has 5 atom stereocenters. The van der Waals surface area contributed by atoms with Crippen LogP contribution in [0.4, 0.5) is 0 Å².